The Hall–Kier alpha value is -2.64. The van der Waals surface area contributed by atoms with Crippen molar-refractivity contribution in [1.29, 1.82) is 0 Å². The first-order chi connectivity index (χ1) is 20.2. The maximum atomic E-state index is 13.7. The number of amides is 1. The quantitative estimate of drug-likeness (QED) is 0.243. The fraction of sp³-hybridized carbons (Fsp3) is 0.517. The van der Waals surface area contributed by atoms with E-state index in [0.717, 1.165) is 44.1 Å². The van der Waals surface area contributed by atoms with Gasteiger partial charge >= 0.3 is 5.97 Å². The average molecular weight is 635 g/mol. The lowest BCUT2D eigenvalue weighted by molar-refractivity contribution is -0.137. The van der Waals surface area contributed by atoms with Crippen LogP contribution in [-0.2, 0) is 24.3 Å². The Labute approximate surface area is 254 Å². The summed E-state index contributed by atoms with van der Waals surface area (Å²) in [6.45, 7) is 0.526. The van der Waals surface area contributed by atoms with E-state index in [9.17, 15) is 23.1 Å². The van der Waals surface area contributed by atoms with Crippen LogP contribution in [0.4, 0.5) is 5.13 Å². The van der Waals surface area contributed by atoms with Crippen LogP contribution in [0.2, 0.25) is 5.15 Å². The molecule has 3 aromatic rings. The number of anilines is 1. The number of aliphatic carboxylic acids is 1. The number of carboxylic acids is 1. The van der Waals surface area contributed by atoms with Gasteiger partial charge in [0.1, 0.15) is 15.5 Å². The number of hydrogen-bond acceptors (Lipinski definition) is 8. The molecule has 0 spiro atoms. The molecule has 2 N–H and O–H groups in total. The van der Waals surface area contributed by atoms with Crippen molar-refractivity contribution >= 4 is 60.3 Å². The van der Waals surface area contributed by atoms with Gasteiger partial charge in [0.15, 0.2) is 5.13 Å². The first-order valence-electron chi connectivity index (χ1n) is 14.4. The molecule has 1 aromatic carbocycles. The van der Waals surface area contributed by atoms with Crippen LogP contribution in [0.1, 0.15) is 69.3 Å². The van der Waals surface area contributed by atoms with Crippen molar-refractivity contribution in [2.45, 2.75) is 74.7 Å². The van der Waals surface area contributed by atoms with Gasteiger partial charge in [0.25, 0.3) is 0 Å². The second-order valence-electron chi connectivity index (χ2n) is 11.0. The smallest absolute Gasteiger partial charge is 0.304 e. The molecule has 13 heteroatoms. The minimum Gasteiger partial charge on any atom is -0.481 e. The Morgan fingerprint density at radius 2 is 1.83 bits per heavy atom. The molecule has 226 valence electrons. The number of halogens is 1. The second kappa shape index (κ2) is 13.8. The number of nitrogens with one attached hydrogen (secondary N) is 1. The van der Waals surface area contributed by atoms with E-state index in [1.165, 1.54) is 34.2 Å². The Balaban J connectivity index is 1.37. The van der Waals surface area contributed by atoms with E-state index < -0.39 is 21.9 Å². The van der Waals surface area contributed by atoms with Crippen molar-refractivity contribution in [3.05, 3.63) is 47.1 Å². The highest BCUT2D eigenvalue weighted by Gasteiger charge is 2.31. The number of carboxylic acid groups (broad SMARTS) is 1. The van der Waals surface area contributed by atoms with Gasteiger partial charge in [-0.2, -0.15) is 4.31 Å². The lowest BCUT2D eigenvalue weighted by atomic mass is 9.80. The van der Waals surface area contributed by atoms with Gasteiger partial charge in [-0.3, -0.25) is 9.59 Å². The zero-order valence-corrected chi connectivity index (χ0v) is 25.6. The summed E-state index contributed by atoms with van der Waals surface area (Å²) in [6, 6.07) is 9.83. The number of carbonyl (C=O) groups is 2. The predicted octanol–water partition coefficient (Wildman–Crippen LogP) is 5.68. The summed E-state index contributed by atoms with van der Waals surface area (Å²) < 4.78 is 34.0. The highest BCUT2D eigenvalue weighted by molar-refractivity contribution is 7.89. The predicted molar refractivity (Wildman–Crippen MR) is 161 cm³/mol. The van der Waals surface area contributed by atoms with Crippen molar-refractivity contribution in [3.8, 4) is 0 Å². The van der Waals surface area contributed by atoms with Gasteiger partial charge in [-0.05, 0) is 55.0 Å². The van der Waals surface area contributed by atoms with E-state index >= 15 is 0 Å². The fourth-order valence-corrected chi connectivity index (χ4v) is 8.27. The maximum absolute atomic E-state index is 13.7. The Bertz CT molecular complexity index is 1500. The number of fused-ring (bicyclic) bond motifs is 1. The topological polar surface area (TPSA) is 139 Å². The van der Waals surface area contributed by atoms with Crippen molar-refractivity contribution in [3.63, 3.8) is 0 Å². The molecule has 2 fully saturated rings. The van der Waals surface area contributed by atoms with Crippen molar-refractivity contribution < 1.29 is 27.9 Å². The highest BCUT2D eigenvalue weighted by atomic mass is 35.5. The Morgan fingerprint density at radius 3 is 2.52 bits per heavy atom. The number of carbonyl (C=O) groups excluding carboxylic acids is 1. The van der Waals surface area contributed by atoms with Crippen molar-refractivity contribution in [2.24, 2.45) is 5.92 Å². The molecule has 2 aliphatic rings. The minimum atomic E-state index is -3.98. The minimum absolute atomic E-state index is 0.0561. The fourth-order valence-electron chi connectivity index (χ4n) is 5.76. The number of hydrogen-bond donors (Lipinski definition) is 2. The van der Waals surface area contributed by atoms with Gasteiger partial charge in [-0.1, -0.05) is 67.2 Å². The molecule has 3 heterocycles. The third-order valence-corrected chi connectivity index (χ3v) is 11.0. The van der Waals surface area contributed by atoms with Crippen molar-refractivity contribution in [1.82, 2.24) is 14.3 Å². The lowest BCUT2D eigenvalue weighted by Gasteiger charge is -2.27. The van der Waals surface area contributed by atoms with Gasteiger partial charge in [-0.25, -0.2) is 18.4 Å². The summed E-state index contributed by atoms with van der Waals surface area (Å²) in [6.07, 6.45) is 7.25. The van der Waals surface area contributed by atoms with E-state index in [1.807, 2.05) is 0 Å². The number of thiazole rings is 1. The molecule has 1 aliphatic carbocycles. The molecule has 1 saturated carbocycles. The molecule has 1 aliphatic heterocycles. The maximum Gasteiger partial charge on any atom is 0.304 e. The van der Waals surface area contributed by atoms with Crippen LogP contribution < -0.4 is 5.32 Å². The summed E-state index contributed by atoms with van der Waals surface area (Å²) in [7, 11) is -3.98. The van der Waals surface area contributed by atoms with Crippen molar-refractivity contribution in [2.75, 3.05) is 25.0 Å². The molecule has 1 amide bonds. The summed E-state index contributed by atoms with van der Waals surface area (Å²) in [5.41, 5.74) is 1.36. The summed E-state index contributed by atoms with van der Waals surface area (Å²) in [4.78, 5) is 34.4. The number of sulfonamides is 1. The van der Waals surface area contributed by atoms with Crippen LogP contribution in [0, 0.1) is 5.92 Å². The number of ether oxygens (including phenoxy) is 1. The number of rotatable bonds is 12. The van der Waals surface area contributed by atoms with E-state index in [0.29, 0.717) is 39.6 Å². The van der Waals surface area contributed by atoms with Crippen LogP contribution in [0.3, 0.4) is 0 Å². The van der Waals surface area contributed by atoms with Gasteiger partial charge in [0.2, 0.25) is 15.9 Å². The second-order valence-corrected chi connectivity index (χ2v) is 14.3. The number of aromatic nitrogens is 2. The molecule has 0 bridgehead atoms. The molecule has 0 radical (unpaired) electrons. The molecule has 10 nitrogen and oxygen atoms in total. The lowest BCUT2D eigenvalue weighted by Crippen LogP contribution is -2.38. The summed E-state index contributed by atoms with van der Waals surface area (Å²) in [5.74, 6) is -1.38. The monoisotopic (exact) mass is 634 g/mol. The van der Waals surface area contributed by atoms with Gasteiger partial charge in [0, 0.05) is 19.7 Å². The zero-order valence-electron chi connectivity index (χ0n) is 23.2. The largest absolute Gasteiger partial charge is 0.481 e. The van der Waals surface area contributed by atoms with Crippen LogP contribution in [-0.4, -0.2) is 65.5 Å². The van der Waals surface area contributed by atoms with E-state index in [-0.39, 0.29) is 36.4 Å². The number of benzene rings is 1. The van der Waals surface area contributed by atoms with Crippen LogP contribution in [0.5, 0.6) is 0 Å². The summed E-state index contributed by atoms with van der Waals surface area (Å²) in [5, 5.41) is 12.9. The normalized spacial score (nSPS) is 18.9. The number of nitrogens with zero attached hydrogens (tertiary/aromatic N) is 3. The van der Waals surface area contributed by atoms with Gasteiger partial charge in [0.05, 0.1) is 23.3 Å². The van der Waals surface area contributed by atoms with E-state index in [1.54, 1.807) is 24.3 Å². The molecule has 42 heavy (non-hydrogen) atoms. The van der Waals surface area contributed by atoms with Crippen LogP contribution in [0.15, 0.2) is 41.3 Å². The molecule has 2 atom stereocenters. The SMILES string of the molecule is O=C(O)CCN(C[C@H]1CCCO1)S(=O)(=O)c1ccc([C@@H](CC2CCCCC2)C(=O)Nc2nc3ccc(Cl)nc3s2)cc1. The summed E-state index contributed by atoms with van der Waals surface area (Å²) >= 11 is 7.26. The van der Waals surface area contributed by atoms with E-state index in [4.69, 9.17) is 16.3 Å². The molecule has 0 unspecified atom stereocenters. The molecular weight excluding hydrogens is 600 g/mol. The zero-order chi connectivity index (χ0) is 29.7. The van der Waals surface area contributed by atoms with E-state index in [2.05, 4.69) is 15.3 Å². The first-order valence-corrected chi connectivity index (χ1v) is 17.0. The highest BCUT2D eigenvalue weighted by Crippen LogP contribution is 2.35. The third kappa shape index (κ3) is 7.65. The average Bonchev–Trinajstić information content (AvgIpc) is 3.63. The van der Waals surface area contributed by atoms with Gasteiger partial charge < -0.3 is 15.2 Å². The standard InChI is InChI=1S/C29H35ClN4O6S2/c30-25-13-12-24-28(32-25)41-29(31-24)33-27(37)23(17-19-5-2-1-3-6-19)20-8-10-22(11-9-20)42(38,39)34(15-14-26(35)36)18-21-7-4-16-40-21/h8-13,19,21,23H,1-7,14-18H2,(H,35,36)(H,31,33,37)/t21-,23-/m1/s1. The molecular formula is C29H35ClN4O6S2. The van der Waals surface area contributed by atoms with Crippen LogP contribution >= 0.6 is 22.9 Å². The molecule has 2 aromatic heterocycles. The van der Waals surface area contributed by atoms with Gasteiger partial charge in [-0.15, -0.1) is 0 Å². The molecule has 1 saturated heterocycles. The Kier molecular flexibility index (Phi) is 10.1. The third-order valence-electron chi connectivity index (χ3n) is 7.99. The number of pyridine rings is 1. The van der Waals surface area contributed by atoms with Crippen LogP contribution in [0.25, 0.3) is 10.3 Å². The Morgan fingerprint density at radius 1 is 1.07 bits per heavy atom. The first kappa shape index (κ1) is 30.8. The molecule has 5 rings (SSSR count).